The first-order chi connectivity index (χ1) is 19.5. The predicted octanol–water partition coefficient (Wildman–Crippen LogP) is -4.90. The number of hydrogen-bond acceptors (Lipinski definition) is 17. The van der Waals surface area contributed by atoms with Crippen LogP contribution in [0, 0.1) is 0 Å². The van der Waals surface area contributed by atoms with Crippen LogP contribution in [0.4, 0.5) is 5.95 Å². The minimum atomic E-state index is -1.44. The summed E-state index contributed by atoms with van der Waals surface area (Å²) in [6.45, 7) is -1.03. The first-order valence-electron chi connectivity index (χ1n) is 11.7. The molecule has 4 aromatic heterocycles. The molecule has 2 aliphatic heterocycles. The molecular weight excluding hydrogens is 594 g/mol. The number of nitrogen functional groups attached to an aromatic ring is 1. The van der Waals surface area contributed by atoms with E-state index in [1.807, 2.05) is 0 Å². The molecule has 0 aromatic carbocycles. The van der Waals surface area contributed by atoms with Crippen LogP contribution in [-0.2, 0) is 9.47 Å². The third-order valence-corrected chi connectivity index (χ3v) is 8.33. The van der Waals surface area contributed by atoms with Crippen molar-refractivity contribution in [3.05, 3.63) is 46.4 Å². The molecule has 0 amide bonds. The Balaban J connectivity index is 0.000000165. The molecule has 19 nitrogen and oxygen atoms in total. The number of rotatable bonds is 4. The highest BCUT2D eigenvalue weighted by Gasteiger charge is 2.46. The number of aliphatic hydroxyl groups excluding tert-OH is 6. The van der Waals surface area contributed by atoms with Gasteiger partial charge >= 0.3 is 9.75 Å². The van der Waals surface area contributed by atoms with Crippen LogP contribution in [0.15, 0.2) is 25.5 Å². The summed E-state index contributed by atoms with van der Waals surface area (Å²) in [7, 11) is 0. The van der Waals surface area contributed by atoms with Crippen LogP contribution in [0.25, 0.3) is 20.7 Å². The zero-order chi connectivity index (χ0) is 29.7. The number of nitrogens with zero attached hydrogens (tertiary/aromatic N) is 4. The fraction of sp³-hybridized carbons (Fsp3) is 0.500. The molecule has 41 heavy (non-hydrogen) atoms. The Bertz CT molecular complexity index is 1810. The number of ether oxygens (including phenoxy) is 2. The lowest BCUT2D eigenvalue weighted by atomic mass is 10.1. The SMILES string of the molecule is Nc1nc2c(sc(=O)n2[C@@H]2O[C@H](CO)[C@@H](O)[C@H]2O)c(=O)[nH]1.O=c1[nH]cnc2c1sc(=O)n2[C@@H]1O[C@H](CO)[C@@H](O)[C@H]1O. The molecular formula is C20H23N7O12S2. The van der Waals surface area contributed by atoms with E-state index in [0.29, 0.717) is 22.7 Å². The number of fused-ring (bicyclic) bond motifs is 2. The topological polar surface area (TPSA) is 301 Å². The van der Waals surface area contributed by atoms with E-state index in [2.05, 4.69) is 19.9 Å². The number of hydrogen-bond donors (Lipinski definition) is 9. The second-order valence-corrected chi connectivity index (χ2v) is 10.8. The van der Waals surface area contributed by atoms with Crippen molar-refractivity contribution < 1.29 is 40.1 Å². The third-order valence-electron chi connectivity index (χ3n) is 6.44. The first-order valence-corrected chi connectivity index (χ1v) is 13.4. The second-order valence-electron chi connectivity index (χ2n) is 8.92. The van der Waals surface area contributed by atoms with Gasteiger partial charge in [0.1, 0.15) is 46.0 Å². The van der Waals surface area contributed by atoms with Crippen LogP contribution in [0.1, 0.15) is 12.5 Å². The van der Waals surface area contributed by atoms with Crippen LogP contribution >= 0.6 is 22.7 Å². The Morgan fingerprint density at radius 3 is 1.78 bits per heavy atom. The van der Waals surface area contributed by atoms with E-state index >= 15 is 0 Å². The first kappa shape index (κ1) is 29.1. The molecule has 0 spiro atoms. The Morgan fingerprint density at radius 2 is 1.29 bits per heavy atom. The lowest BCUT2D eigenvalue weighted by Gasteiger charge is -2.15. The molecule has 0 bridgehead atoms. The molecule has 6 rings (SSSR count). The van der Waals surface area contributed by atoms with Crippen molar-refractivity contribution in [2.75, 3.05) is 18.9 Å². The molecule has 2 saturated heterocycles. The average Bonchev–Trinajstić information content (AvgIpc) is 3.62. The molecule has 0 unspecified atom stereocenters. The van der Waals surface area contributed by atoms with E-state index in [1.54, 1.807) is 0 Å². The normalized spacial score (nSPS) is 29.7. The van der Waals surface area contributed by atoms with Gasteiger partial charge in [0.25, 0.3) is 11.1 Å². The fourth-order valence-electron chi connectivity index (χ4n) is 4.45. The largest absolute Gasteiger partial charge is 0.394 e. The van der Waals surface area contributed by atoms with Crippen LogP contribution < -0.4 is 26.6 Å². The maximum Gasteiger partial charge on any atom is 0.311 e. The molecule has 0 radical (unpaired) electrons. The molecule has 2 fully saturated rings. The summed E-state index contributed by atoms with van der Waals surface area (Å²) >= 11 is 1.29. The van der Waals surface area contributed by atoms with Gasteiger partial charge in [-0.25, -0.2) is 4.98 Å². The van der Waals surface area contributed by atoms with Crippen LogP contribution in [-0.4, -0.2) is 110 Å². The van der Waals surface area contributed by atoms with Gasteiger partial charge in [-0.1, -0.05) is 22.7 Å². The van der Waals surface area contributed by atoms with Crippen molar-refractivity contribution in [2.45, 2.75) is 49.1 Å². The molecule has 2 aliphatic rings. The van der Waals surface area contributed by atoms with Crippen LogP contribution in [0.5, 0.6) is 0 Å². The monoisotopic (exact) mass is 617 g/mol. The molecule has 0 saturated carbocycles. The number of aromatic amines is 2. The van der Waals surface area contributed by atoms with Crippen molar-refractivity contribution in [3.8, 4) is 0 Å². The van der Waals surface area contributed by atoms with E-state index in [0.717, 1.165) is 15.5 Å². The lowest BCUT2D eigenvalue weighted by molar-refractivity contribution is -0.0518. The third kappa shape index (κ3) is 4.90. The summed E-state index contributed by atoms with van der Waals surface area (Å²) in [6.07, 6.45) is -8.89. The number of nitrogens with one attached hydrogen (secondary N) is 2. The van der Waals surface area contributed by atoms with Gasteiger partial charge in [-0.15, -0.1) is 0 Å². The summed E-state index contributed by atoms with van der Waals surface area (Å²) in [6, 6.07) is 0. The number of aromatic nitrogens is 6. The molecule has 10 N–H and O–H groups in total. The Morgan fingerprint density at radius 1 is 0.805 bits per heavy atom. The smallest absolute Gasteiger partial charge is 0.311 e. The van der Waals surface area contributed by atoms with Crippen molar-refractivity contribution in [1.82, 2.24) is 29.1 Å². The van der Waals surface area contributed by atoms with Gasteiger partial charge in [0.05, 0.1) is 19.5 Å². The summed E-state index contributed by atoms with van der Waals surface area (Å²) in [5, 5.41) is 57.5. The minimum absolute atomic E-state index is 0.0342. The number of H-pyrrole nitrogens is 2. The summed E-state index contributed by atoms with van der Waals surface area (Å²) < 4.78 is 12.7. The van der Waals surface area contributed by atoms with Gasteiger partial charge in [0, 0.05) is 0 Å². The average molecular weight is 618 g/mol. The van der Waals surface area contributed by atoms with E-state index in [1.165, 1.54) is 0 Å². The van der Waals surface area contributed by atoms with Gasteiger partial charge < -0.3 is 50.8 Å². The van der Waals surface area contributed by atoms with Gasteiger partial charge in [-0.2, -0.15) is 4.98 Å². The molecule has 4 aromatic rings. The number of thiazole rings is 2. The fourth-order valence-corrected chi connectivity index (χ4v) is 6.15. The molecule has 0 aliphatic carbocycles. The van der Waals surface area contributed by atoms with Gasteiger partial charge in [0.2, 0.25) is 5.95 Å². The van der Waals surface area contributed by atoms with E-state index in [9.17, 15) is 39.6 Å². The maximum absolute atomic E-state index is 12.0. The Labute approximate surface area is 232 Å². The molecule has 222 valence electrons. The van der Waals surface area contributed by atoms with Crippen molar-refractivity contribution in [1.29, 1.82) is 0 Å². The zero-order valence-electron chi connectivity index (χ0n) is 20.4. The zero-order valence-corrected chi connectivity index (χ0v) is 22.1. The summed E-state index contributed by atoms with van der Waals surface area (Å²) in [5.74, 6) is -0.189. The van der Waals surface area contributed by atoms with Gasteiger partial charge in [-0.3, -0.25) is 33.3 Å². The number of anilines is 1. The molecule has 6 heterocycles. The highest BCUT2D eigenvalue weighted by molar-refractivity contribution is 7.16. The Kier molecular flexibility index (Phi) is 7.90. The summed E-state index contributed by atoms with van der Waals surface area (Å²) in [5.41, 5.74) is 4.43. The molecule has 8 atom stereocenters. The van der Waals surface area contributed by atoms with Crippen LogP contribution in [0.2, 0.25) is 0 Å². The van der Waals surface area contributed by atoms with Gasteiger partial charge in [-0.05, 0) is 0 Å². The van der Waals surface area contributed by atoms with Crippen molar-refractivity contribution in [2.24, 2.45) is 0 Å². The quantitative estimate of drug-likeness (QED) is 0.104. The Hall–Kier alpha value is -3.38. The predicted molar refractivity (Wildman–Crippen MR) is 139 cm³/mol. The number of aliphatic hydroxyl groups is 6. The van der Waals surface area contributed by atoms with Crippen LogP contribution in [0.3, 0.4) is 0 Å². The van der Waals surface area contributed by atoms with Gasteiger partial charge in [0.15, 0.2) is 23.8 Å². The van der Waals surface area contributed by atoms with E-state index in [4.69, 9.17) is 25.4 Å². The highest BCUT2D eigenvalue weighted by Crippen LogP contribution is 2.31. The minimum Gasteiger partial charge on any atom is -0.394 e. The number of nitrogens with two attached hydrogens (primary N) is 1. The second kappa shape index (κ2) is 11.1. The lowest BCUT2D eigenvalue weighted by Crippen LogP contribution is -2.34. The maximum atomic E-state index is 12.0. The van der Waals surface area contributed by atoms with E-state index in [-0.39, 0.29) is 26.6 Å². The standard InChI is InChI=1S/C10H12N4O6S.C10H11N3O6S/c11-9-12-6-5(7(18)13-9)21-10(19)14(6)8-4(17)3(16)2(1-15)20-8;14-1-3-4(15)5(16)9(19-3)13-7-6(20-10(13)18)8(17)12-2-11-7/h2-4,8,15-17H,1H2,(H3,11,12,13,18);2-5,9,14-16H,1H2,(H,11,12,17)/t2-,3-,4-,8-;3-,4-,5-,9-/m11/s1. The van der Waals surface area contributed by atoms with Crippen molar-refractivity contribution in [3.63, 3.8) is 0 Å². The molecule has 21 heteroatoms. The highest BCUT2D eigenvalue weighted by atomic mass is 32.1. The van der Waals surface area contributed by atoms with Crippen molar-refractivity contribution >= 4 is 49.3 Å². The summed E-state index contributed by atoms with van der Waals surface area (Å²) in [4.78, 5) is 58.6. The van der Waals surface area contributed by atoms with E-state index < -0.39 is 83.2 Å².